The molecule has 3 nitrogen and oxygen atoms in total. The summed E-state index contributed by atoms with van der Waals surface area (Å²) >= 11 is 0. The topological polar surface area (TPSA) is 46.2 Å². The van der Waals surface area contributed by atoms with Gasteiger partial charge in [0.05, 0.1) is 0 Å². The van der Waals surface area contributed by atoms with Crippen LogP contribution in [0.2, 0.25) is 0 Å². The number of nitrogens with one attached hydrogen (secondary N) is 1. The summed E-state index contributed by atoms with van der Waals surface area (Å²) in [6.07, 6.45) is -3.24. The van der Waals surface area contributed by atoms with Gasteiger partial charge in [-0.3, -0.25) is 9.59 Å². The van der Waals surface area contributed by atoms with Crippen LogP contribution in [-0.2, 0) is 9.59 Å². The fraction of sp³-hybridized carbons (Fsp3) is 0.667. The summed E-state index contributed by atoms with van der Waals surface area (Å²) in [7, 11) is 0. The molecular formula is C6H9F2NO2. The summed E-state index contributed by atoms with van der Waals surface area (Å²) in [6, 6.07) is 0. The molecule has 1 N–H and O–H groups in total. The molecule has 0 fully saturated rings. The third-order valence-corrected chi connectivity index (χ3v) is 0.989. The first-order valence-electron chi connectivity index (χ1n) is 3.09. The van der Waals surface area contributed by atoms with Gasteiger partial charge < -0.3 is 5.32 Å². The van der Waals surface area contributed by atoms with Crippen molar-refractivity contribution in [3.05, 3.63) is 0 Å². The second kappa shape index (κ2) is 4.76. The molecule has 0 saturated heterocycles. The van der Waals surface area contributed by atoms with Crippen molar-refractivity contribution in [2.24, 2.45) is 0 Å². The van der Waals surface area contributed by atoms with Crippen molar-refractivity contribution in [2.45, 2.75) is 19.8 Å². The number of rotatable bonds is 4. The number of alkyl halides is 2. The Bertz CT molecular complexity index is 159. The molecule has 0 spiro atoms. The van der Waals surface area contributed by atoms with Crippen LogP contribution in [0.4, 0.5) is 8.78 Å². The number of hydrogen-bond acceptors (Lipinski definition) is 2. The molecule has 0 radical (unpaired) electrons. The van der Waals surface area contributed by atoms with Gasteiger partial charge in [-0.1, -0.05) is 0 Å². The van der Waals surface area contributed by atoms with Crippen molar-refractivity contribution in [1.82, 2.24) is 5.32 Å². The lowest BCUT2D eigenvalue weighted by Gasteiger charge is -1.99. The van der Waals surface area contributed by atoms with Crippen LogP contribution >= 0.6 is 0 Å². The lowest BCUT2D eigenvalue weighted by Crippen LogP contribution is -2.24. The van der Waals surface area contributed by atoms with Crippen molar-refractivity contribution in [3.8, 4) is 0 Å². The molecular weight excluding hydrogens is 156 g/mol. The number of hydrogen-bond donors (Lipinski definition) is 1. The van der Waals surface area contributed by atoms with E-state index in [0.717, 1.165) is 0 Å². The Morgan fingerprint density at radius 3 is 2.36 bits per heavy atom. The molecule has 0 heterocycles. The van der Waals surface area contributed by atoms with Crippen molar-refractivity contribution < 1.29 is 18.4 Å². The second-order valence-corrected chi connectivity index (χ2v) is 2.00. The Balaban J connectivity index is 3.39. The molecule has 0 aliphatic heterocycles. The summed E-state index contributed by atoms with van der Waals surface area (Å²) in [4.78, 5) is 20.4. The Kier molecular flexibility index (Phi) is 4.33. The van der Waals surface area contributed by atoms with Gasteiger partial charge in [0.15, 0.2) is 0 Å². The van der Waals surface area contributed by atoms with E-state index in [1.807, 2.05) is 0 Å². The van der Waals surface area contributed by atoms with E-state index in [2.05, 4.69) is 5.32 Å². The fourth-order valence-corrected chi connectivity index (χ4v) is 0.471. The Labute approximate surface area is 62.8 Å². The van der Waals surface area contributed by atoms with Gasteiger partial charge in [-0.05, 0) is 0 Å². The van der Waals surface area contributed by atoms with Crippen LogP contribution in [0.15, 0.2) is 0 Å². The van der Waals surface area contributed by atoms with Gasteiger partial charge in [0.25, 0.3) is 6.43 Å². The molecule has 11 heavy (non-hydrogen) atoms. The van der Waals surface area contributed by atoms with E-state index in [-0.39, 0.29) is 18.9 Å². The SMILES string of the molecule is CC(=O)NCCC(=O)C(F)F. The highest BCUT2D eigenvalue weighted by Gasteiger charge is 2.13. The third kappa shape index (κ3) is 5.44. The van der Waals surface area contributed by atoms with Crippen LogP contribution in [0.25, 0.3) is 0 Å². The molecule has 0 unspecified atom stereocenters. The third-order valence-electron chi connectivity index (χ3n) is 0.989. The maximum absolute atomic E-state index is 11.5. The van der Waals surface area contributed by atoms with Crippen molar-refractivity contribution >= 4 is 11.7 Å². The summed E-state index contributed by atoms with van der Waals surface area (Å²) in [5, 5.41) is 2.24. The molecule has 0 aromatic heterocycles. The lowest BCUT2D eigenvalue weighted by atomic mass is 10.3. The van der Waals surface area contributed by atoms with Crippen molar-refractivity contribution in [2.75, 3.05) is 6.54 Å². The maximum atomic E-state index is 11.5. The largest absolute Gasteiger partial charge is 0.356 e. The number of carbonyl (C=O) groups excluding carboxylic acids is 2. The zero-order valence-corrected chi connectivity index (χ0v) is 6.06. The highest BCUT2D eigenvalue weighted by Crippen LogP contribution is 1.96. The first-order chi connectivity index (χ1) is 5.04. The minimum Gasteiger partial charge on any atom is -0.356 e. The smallest absolute Gasteiger partial charge is 0.296 e. The molecule has 0 rings (SSSR count). The summed E-state index contributed by atoms with van der Waals surface area (Å²) in [6.45, 7) is 1.24. The fourth-order valence-electron chi connectivity index (χ4n) is 0.471. The van der Waals surface area contributed by atoms with E-state index in [1.54, 1.807) is 0 Å². The number of carbonyl (C=O) groups is 2. The second-order valence-electron chi connectivity index (χ2n) is 2.00. The number of amides is 1. The van der Waals surface area contributed by atoms with Crippen LogP contribution in [0.5, 0.6) is 0 Å². The molecule has 0 aliphatic rings. The van der Waals surface area contributed by atoms with E-state index < -0.39 is 12.2 Å². The minimum absolute atomic E-state index is 0.0154. The highest BCUT2D eigenvalue weighted by molar-refractivity contribution is 5.82. The molecule has 1 amide bonds. The van der Waals surface area contributed by atoms with E-state index in [0.29, 0.717) is 0 Å². The molecule has 0 atom stereocenters. The first-order valence-corrected chi connectivity index (χ1v) is 3.09. The monoisotopic (exact) mass is 165 g/mol. The van der Waals surface area contributed by atoms with Crippen LogP contribution in [-0.4, -0.2) is 24.7 Å². The highest BCUT2D eigenvalue weighted by atomic mass is 19.3. The van der Waals surface area contributed by atoms with Crippen LogP contribution < -0.4 is 5.32 Å². The number of ketones is 1. The van der Waals surface area contributed by atoms with Crippen molar-refractivity contribution in [3.63, 3.8) is 0 Å². The molecule has 0 bridgehead atoms. The minimum atomic E-state index is -2.93. The quantitative estimate of drug-likeness (QED) is 0.653. The zero-order chi connectivity index (χ0) is 8.85. The summed E-state index contributed by atoms with van der Waals surface area (Å²) < 4.78 is 23.0. The summed E-state index contributed by atoms with van der Waals surface area (Å²) in [5.41, 5.74) is 0. The molecule has 0 aromatic carbocycles. The normalized spacial score (nSPS) is 9.82. The molecule has 0 aliphatic carbocycles. The van der Waals surface area contributed by atoms with Gasteiger partial charge in [0.1, 0.15) is 0 Å². The van der Waals surface area contributed by atoms with Gasteiger partial charge in [-0.15, -0.1) is 0 Å². The van der Waals surface area contributed by atoms with Gasteiger partial charge in [-0.25, -0.2) is 8.78 Å². The lowest BCUT2D eigenvalue weighted by molar-refractivity contribution is -0.129. The van der Waals surface area contributed by atoms with E-state index in [1.165, 1.54) is 6.92 Å². The van der Waals surface area contributed by atoms with Gasteiger partial charge >= 0.3 is 0 Å². The summed E-state index contributed by atoms with van der Waals surface area (Å²) in [5.74, 6) is -1.47. The number of Topliss-reactive ketones (excluding diaryl/α,β-unsaturated/α-hetero) is 1. The Morgan fingerprint density at radius 1 is 1.45 bits per heavy atom. The molecule has 64 valence electrons. The standard InChI is InChI=1S/C6H9F2NO2/c1-4(10)9-3-2-5(11)6(7)8/h6H,2-3H2,1H3,(H,9,10). The average molecular weight is 165 g/mol. The number of halogens is 2. The maximum Gasteiger partial charge on any atom is 0.296 e. The van der Waals surface area contributed by atoms with E-state index >= 15 is 0 Å². The molecule has 5 heteroatoms. The van der Waals surface area contributed by atoms with E-state index in [4.69, 9.17) is 0 Å². The van der Waals surface area contributed by atoms with E-state index in [9.17, 15) is 18.4 Å². The van der Waals surface area contributed by atoms with Crippen LogP contribution in [0, 0.1) is 0 Å². The molecule has 0 aromatic rings. The predicted octanol–water partition coefficient (Wildman–Crippen LogP) is 0.347. The van der Waals surface area contributed by atoms with Crippen molar-refractivity contribution in [1.29, 1.82) is 0 Å². The Hall–Kier alpha value is -1.00. The first kappa shape index (κ1) is 10.0. The van der Waals surface area contributed by atoms with Gasteiger partial charge in [0.2, 0.25) is 11.7 Å². The van der Waals surface area contributed by atoms with Gasteiger partial charge in [-0.2, -0.15) is 0 Å². The van der Waals surface area contributed by atoms with Crippen LogP contribution in [0.3, 0.4) is 0 Å². The zero-order valence-electron chi connectivity index (χ0n) is 6.06. The van der Waals surface area contributed by atoms with Crippen LogP contribution in [0.1, 0.15) is 13.3 Å². The molecule has 0 saturated carbocycles. The predicted molar refractivity (Wildman–Crippen MR) is 34.3 cm³/mol. The Morgan fingerprint density at radius 2 is 2.00 bits per heavy atom. The van der Waals surface area contributed by atoms with Gasteiger partial charge in [0, 0.05) is 19.9 Å². The average Bonchev–Trinajstić information content (AvgIpc) is 1.86.